The quantitative estimate of drug-likeness (QED) is 0.761. The van der Waals surface area contributed by atoms with Crippen molar-refractivity contribution in [1.82, 2.24) is 10.6 Å². The zero-order valence-electron chi connectivity index (χ0n) is 18.3. The van der Waals surface area contributed by atoms with Gasteiger partial charge in [0.05, 0.1) is 6.10 Å². The highest BCUT2D eigenvalue weighted by atomic mass is 16.5. The SMILES string of the molecule is CC(C)Oc1cc2c(cc1CN[C@H]1CCCN[C@H]1c1ccccc1)N(C)C(=O)CC2. The summed E-state index contributed by atoms with van der Waals surface area (Å²) in [7, 11) is 1.87. The lowest BCUT2D eigenvalue weighted by atomic mass is 9.92. The van der Waals surface area contributed by atoms with Crippen LogP contribution in [0.25, 0.3) is 0 Å². The Hall–Kier alpha value is -2.37. The molecule has 0 unspecified atom stereocenters. The number of carbonyl (C=O) groups is 1. The predicted molar refractivity (Wildman–Crippen MR) is 121 cm³/mol. The number of nitrogens with zero attached hydrogens (tertiary/aromatic N) is 1. The Balaban J connectivity index is 1.57. The molecular weight excluding hydrogens is 374 g/mol. The fourth-order valence-corrected chi connectivity index (χ4v) is 4.57. The number of hydrogen-bond acceptors (Lipinski definition) is 4. The molecule has 2 atom stereocenters. The molecular formula is C25H33N3O2. The maximum absolute atomic E-state index is 12.2. The maximum Gasteiger partial charge on any atom is 0.227 e. The number of ether oxygens (including phenoxy) is 1. The third-order valence-corrected chi connectivity index (χ3v) is 6.14. The van der Waals surface area contributed by atoms with E-state index in [1.54, 1.807) is 4.90 Å². The number of fused-ring (bicyclic) bond motifs is 1. The molecule has 1 saturated heterocycles. The summed E-state index contributed by atoms with van der Waals surface area (Å²) in [4.78, 5) is 14.0. The van der Waals surface area contributed by atoms with Crippen molar-refractivity contribution < 1.29 is 9.53 Å². The first-order valence-electron chi connectivity index (χ1n) is 11.1. The van der Waals surface area contributed by atoms with Gasteiger partial charge in [0, 0.05) is 43.3 Å². The molecule has 2 N–H and O–H groups in total. The first-order chi connectivity index (χ1) is 14.5. The predicted octanol–water partition coefficient (Wildman–Crippen LogP) is 3.97. The Morgan fingerprint density at radius 2 is 2.00 bits per heavy atom. The number of piperidine rings is 1. The molecule has 4 rings (SSSR count). The van der Waals surface area contributed by atoms with E-state index in [1.807, 2.05) is 7.05 Å². The molecule has 1 amide bonds. The molecule has 5 nitrogen and oxygen atoms in total. The number of benzene rings is 2. The van der Waals surface area contributed by atoms with Crippen molar-refractivity contribution in [2.75, 3.05) is 18.5 Å². The molecule has 2 aromatic carbocycles. The highest BCUT2D eigenvalue weighted by Crippen LogP contribution is 2.34. The van der Waals surface area contributed by atoms with Gasteiger partial charge >= 0.3 is 0 Å². The molecule has 0 bridgehead atoms. The molecule has 0 spiro atoms. The monoisotopic (exact) mass is 407 g/mol. The third-order valence-electron chi connectivity index (χ3n) is 6.14. The minimum atomic E-state index is 0.109. The van der Waals surface area contributed by atoms with Crippen molar-refractivity contribution in [3.8, 4) is 5.75 Å². The van der Waals surface area contributed by atoms with Crippen molar-refractivity contribution in [3.05, 3.63) is 59.2 Å². The average Bonchev–Trinajstić information content (AvgIpc) is 2.76. The van der Waals surface area contributed by atoms with Gasteiger partial charge in [0.2, 0.25) is 5.91 Å². The first-order valence-corrected chi connectivity index (χ1v) is 11.1. The van der Waals surface area contributed by atoms with E-state index in [-0.39, 0.29) is 12.0 Å². The van der Waals surface area contributed by atoms with Crippen LogP contribution in [0, 0.1) is 0 Å². The molecule has 0 aromatic heterocycles. The first kappa shape index (κ1) is 20.9. The topological polar surface area (TPSA) is 53.6 Å². The minimum Gasteiger partial charge on any atom is -0.491 e. The summed E-state index contributed by atoms with van der Waals surface area (Å²) in [6.45, 7) is 5.88. The molecule has 0 saturated carbocycles. The van der Waals surface area contributed by atoms with Crippen LogP contribution in [-0.4, -0.2) is 31.6 Å². The van der Waals surface area contributed by atoms with Crippen molar-refractivity contribution in [1.29, 1.82) is 0 Å². The summed E-state index contributed by atoms with van der Waals surface area (Å²) in [6.07, 6.45) is 3.75. The molecule has 2 heterocycles. The van der Waals surface area contributed by atoms with Crippen molar-refractivity contribution in [2.45, 2.75) is 64.3 Å². The number of nitrogens with one attached hydrogen (secondary N) is 2. The Morgan fingerprint density at radius 1 is 1.20 bits per heavy atom. The van der Waals surface area contributed by atoms with E-state index >= 15 is 0 Å². The summed E-state index contributed by atoms with van der Waals surface area (Å²) < 4.78 is 6.17. The zero-order chi connectivity index (χ0) is 21.1. The van der Waals surface area contributed by atoms with Gasteiger partial charge < -0.3 is 20.3 Å². The number of carbonyl (C=O) groups excluding carboxylic acids is 1. The number of amides is 1. The van der Waals surface area contributed by atoms with Gasteiger partial charge in [-0.15, -0.1) is 0 Å². The van der Waals surface area contributed by atoms with Crippen LogP contribution in [0.15, 0.2) is 42.5 Å². The van der Waals surface area contributed by atoms with Crippen LogP contribution in [0.5, 0.6) is 5.75 Å². The van der Waals surface area contributed by atoms with Gasteiger partial charge in [0.1, 0.15) is 5.75 Å². The third kappa shape index (κ3) is 4.52. The Morgan fingerprint density at radius 3 is 2.77 bits per heavy atom. The van der Waals surface area contributed by atoms with E-state index in [0.29, 0.717) is 25.0 Å². The second kappa shape index (κ2) is 9.19. The number of aryl methyl sites for hydroxylation is 1. The van der Waals surface area contributed by atoms with Gasteiger partial charge in [-0.2, -0.15) is 0 Å². The Bertz CT molecular complexity index is 881. The van der Waals surface area contributed by atoms with E-state index in [2.05, 4.69) is 66.9 Å². The molecule has 5 heteroatoms. The maximum atomic E-state index is 12.2. The van der Waals surface area contributed by atoms with Crippen LogP contribution in [0.4, 0.5) is 5.69 Å². The summed E-state index contributed by atoms with van der Waals surface area (Å²) >= 11 is 0. The van der Waals surface area contributed by atoms with Gasteiger partial charge in [-0.3, -0.25) is 4.79 Å². The highest BCUT2D eigenvalue weighted by Gasteiger charge is 2.27. The fraction of sp³-hybridized carbons (Fsp3) is 0.480. The summed E-state index contributed by atoms with van der Waals surface area (Å²) in [6, 6.07) is 15.6. The van der Waals surface area contributed by atoms with Gasteiger partial charge in [0.15, 0.2) is 0 Å². The molecule has 2 aromatic rings. The standard InChI is InChI=1S/C25H33N3O2/c1-17(2)30-23-15-19-11-12-24(29)28(3)22(19)14-20(23)16-27-21-10-7-13-26-25(21)18-8-5-4-6-9-18/h4-6,8-9,14-15,17,21,25-27H,7,10-13,16H2,1-3H3/t21-,25-/m0/s1. The van der Waals surface area contributed by atoms with Gasteiger partial charge in [-0.1, -0.05) is 30.3 Å². The lowest BCUT2D eigenvalue weighted by Crippen LogP contribution is -2.45. The lowest BCUT2D eigenvalue weighted by molar-refractivity contribution is -0.118. The molecule has 30 heavy (non-hydrogen) atoms. The van der Waals surface area contributed by atoms with E-state index in [9.17, 15) is 4.79 Å². The summed E-state index contributed by atoms with van der Waals surface area (Å²) in [5, 5.41) is 7.47. The second-order valence-corrected chi connectivity index (χ2v) is 8.68. The van der Waals surface area contributed by atoms with Crippen LogP contribution < -0.4 is 20.3 Å². The smallest absolute Gasteiger partial charge is 0.227 e. The molecule has 1 fully saturated rings. The summed E-state index contributed by atoms with van der Waals surface area (Å²) in [5.74, 6) is 1.11. The van der Waals surface area contributed by atoms with Crippen LogP contribution in [0.3, 0.4) is 0 Å². The van der Waals surface area contributed by atoms with Crippen molar-refractivity contribution >= 4 is 11.6 Å². The minimum absolute atomic E-state index is 0.109. The molecule has 0 aliphatic carbocycles. The van der Waals surface area contributed by atoms with Crippen LogP contribution in [-0.2, 0) is 17.8 Å². The lowest BCUT2D eigenvalue weighted by Gasteiger charge is -2.34. The van der Waals surface area contributed by atoms with Crippen molar-refractivity contribution in [3.63, 3.8) is 0 Å². The fourth-order valence-electron chi connectivity index (χ4n) is 4.57. The van der Waals surface area contributed by atoms with Gasteiger partial charge in [0.25, 0.3) is 0 Å². The average molecular weight is 408 g/mol. The van der Waals surface area contributed by atoms with E-state index in [1.165, 1.54) is 11.1 Å². The number of rotatable bonds is 6. The van der Waals surface area contributed by atoms with Crippen LogP contribution >= 0.6 is 0 Å². The molecule has 2 aliphatic heterocycles. The largest absolute Gasteiger partial charge is 0.491 e. The number of anilines is 1. The molecule has 2 aliphatic rings. The van der Waals surface area contributed by atoms with E-state index < -0.39 is 0 Å². The van der Waals surface area contributed by atoms with Crippen LogP contribution in [0.2, 0.25) is 0 Å². The second-order valence-electron chi connectivity index (χ2n) is 8.68. The van der Waals surface area contributed by atoms with E-state index in [4.69, 9.17) is 4.74 Å². The van der Waals surface area contributed by atoms with Gasteiger partial charge in [-0.25, -0.2) is 0 Å². The highest BCUT2D eigenvalue weighted by molar-refractivity contribution is 5.96. The van der Waals surface area contributed by atoms with Crippen LogP contribution in [0.1, 0.15) is 55.8 Å². The Labute approximate surface area is 179 Å². The van der Waals surface area contributed by atoms with Gasteiger partial charge in [-0.05, 0) is 62.9 Å². The van der Waals surface area contributed by atoms with Crippen molar-refractivity contribution in [2.24, 2.45) is 0 Å². The number of hydrogen-bond donors (Lipinski definition) is 2. The summed E-state index contributed by atoms with van der Waals surface area (Å²) in [5.41, 5.74) is 4.64. The zero-order valence-corrected chi connectivity index (χ0v) is 18.3. The normalized spacial score (nSPS) is 21.6. The molecule has 0 radical (unpaired) electrons. The van der Waals surface area contributed by atoms with E-state index in [0.717, 1.165) is 42.8 Å². The molecule has 160 valence electrons. The Kier molecular flexibility index (Phi) is 6.40.